The molecule has 2 rings (SSSR count). The lowest BCUT2D eigenvalue weighted by Crippen LogP contribution is -2.37. The highest BCUT2D eigenvalue weighted by atomic mass is 32.1. The number of amides is 1. The van der Waals surface area contributed by atoms with Crippen molar-refractivity contribution in [3.05, 3.63) is 23.8 Å². The van der Waals surface area contributed by atoms with Crippen LogP contribution in [0, 0.1) is 0 Å². The number of thiol groups is 1. The molecule has 4 nitrogen and oxygen atoms in total. The van der Waals surface area contributed by atoms with Crippen LogP contribution in [0.3, 0.4) is 0 Å². The summed E-state index contributed by atoms with van der Waals surface area (Å²) in [6.45, 7) is 1.69. The maximum atomic E-state index is 12.1. The van der Waals surface area contributed by atoms with Crippen LogP contribution in [0.5, 0.6) is 5.75 Å². The Hall–Kier alpha value is -1.20. The fourth-order valence-electron chi connectivity index (χ4n) is 2.12. The van der Waals surface area contributed by atoms with Crippen LogP contribution >= 0.6 is 12.6 Å². The van der Waals surface area contributed by atoms with Gasteiger partial charge in [-0.25, -0.2) is 0 Å². The van der Waals surface area contributed by atoms with E-state index in [2.05, 4.69) is 23.3 Å². The van der Waals surface area contributed by atoms with E-state index in [-0.39, 0.29) is 5.91 Å². The van der Waals surface area contributed by atoms with Gasteiger partial charge >= 0.3 is 0 Å². The zero-order valence-electron chi connectivity index (χ0n) is 10.4. The molecule has 1 saturated heterocycles. The molecule has 1 aromatic rings. The Bertz CT molecular complexity index is 431. The monoisotopic (exact) mass is 266 g/mol. The minimum atomic E-state index is -0.114. The van der Waals surface area contributed by atoms with Gasteiger partial charge in [0.1, 0.15) is 5.75 Å². The van der Waals surface area contributed by atoms with Crippen molar-refractivity contribution in [2.75, 3.05) is 20.2 Å². The first kappa shape index (κ1) is 13.2. The van der Waals surface area contributed by atoms with Crippen LogP contribution in [0.1, 0.15) is 23.2 Å². The molecule has 0 aliphatic carbocycles. The molecule has 5 heteroatoms. The average molecular weight is 266 g/mol. The first-order valence-electron chi connectivity index (χ1n) is 6.09. The normalized spacial score (nSPS) is 18.7. The van der Waals surface area contributed by atoms with Crippen LogP contribution < -0.4 is 15.4 Å². The lowest BCUT2D eigenvalue weighted by atomic mass is 10.1. The molecule has 18 heavy (non-hydrogen) atoms. The SMILES string of the molecule is COc1ccc(S)cc1C(=O)NCC1CCCN1. The zero-order chi connectivity index (χ0) is 13.0. The third-order valence-electron chi connectivity index (χ3n) is 3.10. The molecule has 1 aliphatic heterocycles. The highest BCUT2D eigenvalue weighted by Crippen LogP contribution is 2.21. The van der Waals surface area contributed by atoms with Gasteiger partial charge in [0.15, 0.2) is 0 Å². The van der Waals surface area contributed by atoms with Crippen molar-refractivity contribution >= 4 is 18.5 Å². The van der Waals surface area contributed by atoms with Gasteiger partial charge in [-0.1, -0.05) is 0 Å². The predicted octanol–water partition coefficient (Wildman–Crippen LogP) is 1.47. The van der Waals surface area contributed by atoms with Crippen molar-refractivity contribution in [2.24, 2.45) is 0 Å². The second-order valence-electron chi connectivity index (χ2n) is 4.39. The number of methoxy groups -OCH3 is 1. The van der Waals surface area contributed by atoms with Gasteiger partial charge in [-0.05, 0) is 37.6 Å². The smallest absolute Gasteiger partial charge is 0.255 e. The van der Waals surface area contributed by atoms with E-state index in [1.54, 1.807) is 25.3 Å². The number of carbonyl (C=O) groups excluding carboxylic acids is 1. The first-order chi connectivity index (χ1) is 8.70. The van der Waals surface area contributed by atoms with Crippen LogP contribution in [0.25, 0.3) is 0 Å². The quantitative estimate of drug-likeness (QED) is 0.723. The Kier molecular flexibility index (Phi) is 4.49. The summed E-state index contributed by atoms with van der Waals surface area (Å²) in [5, 5.41) is 6.27. The molecule has 98 valence electrons. The summed E-state index contributed by atoms with van der Waals surface area (Å²) >= 11 is 4.24. The van der Waals surface area contributed by atoms with E-state index in [0.29, 0.717) is 23.9 Å². The van der Waals surface area contributed by atoms with Gasteiger partial charge in [-0.15, -0.1) is 12.6 Å². The molecule has 1 amide bonds. The second kappa shape index (κ2) is 6.11. The minimum Gasteiger partial charge on any atom is -0.496 e. The highest BCUT2D eigenvalue weighted by molar-refractivity contribution is 7.80. The van der Waals surface area contributed by atoms with Crippen LogP contribution in [0.4, 0.5) is 0 Å². The molecule has 0 bridgehead atoms. The topological polar surface area (TPSA) is 50.4 Å². The summed E-state index contributed by atoms with van der Waals surface area (Å²) in [6.07, 6.45) is 2.29. The Morgan fingerprint density at radius 2 is 2.44 bits per heavy atom. The molecular weight excluding hydrogens is 248 g/mol. The maximum Gasteiger partial charge on any atom is 0.255 e. The van der Waals surface area contributed by atoms with Crippen molar-refractivity contribution in [1.82, 2.24) is 10.6 Å². The Morgan fingerprint density at radius 3 is 3.11 bits per heavy atom. The minimum absolute atomic E-state index is 0.114. The molecular formula is C13H18N2O2S. The summed E-state index contributed by atoms with van der Waals surface area (Å²) in [4.78, 5) is 12.8. The second-order valence-corrected chi connectivity index (χ2v) is 4.90. The van der Waals surface area contributed by atoms with E-state index in [9.17, 15) is 4.79 Å². The summed E-state index contributed by atoms with van der Waals surface area (Å²) < 4.78 is 5.18. The molecule has 1 fully saturated rings. The number of ether oxygens (including phenoxy) is 1. The number of hydrogen-bond donors (Lipinski definition) is 3. The maximum absolute atomic E-state index is 12.1. The summed E-state index contributed by atoms with van der Waals surface area (Å²) in [7, 11) is 1.56. The molecule has 0 spiro atoms. The molecule has 0 radical (unpaired) electrons. The predicted molar refractivity (Wildman–Crippen MR) is 73.6 cm³/mol. The van der Waals surface area contributed by atoms with Crippen LogP contribution in [0.15, 0.2) is 23.1 Å². The van der Waals surface area contributed by atoms with Gasteiger partial charge in [0.2, 0.25) is 0 Å². The lowest BCUT2D eigenvalue weighted by Gasteiger charge is -2.13. The average Bonchev–Trinajstić information content (AvgIpc) is 2.89. The summed E-state index contributed by atoms with van der Waals surface area (Å²) in [5.41, 5.74) is 0.531. The molecule has 1 atom stereocenters. The zero-order valence-corrected chi connectivity index (χ0v) is 11.3. The molecule has 0 saturated carbocycles. The van der Waals surface area contributed by atoms with Crippen molar-refractivity contribution in [3.63, 3.8) is 0 Å². The van der Waals surface area contributed by atoms with Crippen LogP contribution in [-0.2, 0) is 0 Å². The molecule has 0 aromatic heterocycles. The number of hydrogen-bond acceptors (Lipinski definition) is 4. The number of rotatable bonds is 4. The third kappa shape index (κ3) is 3.17. The summed E-state index contributed by atoms with van der Waals surface area (Å²) in [5.74, 6) is 0.459. The summed E-state index contributed by atoms with van der Waals surface area (Å²) in [6, 6.07) is 5.67. The van der Waals surface area contributed by atoms with Crippen LogP contribution in [-0.4, -0.2) is 32.1 Å². The Labute approximate surface area is 113 Å². The molecule has 1 aliphatic rings. The number of benzene rings is 1. The standard InChI is InChI=1S/C13H18N2O2S/c1-17-12-5-4-10(18)7-11(12)13(16)15-8-9-3-2-6-14-9/h4-5,7,9,14,18H,2-3,6,8H2,1H3,(H,15,16). The number of carbonyl (C=O) groups is 1. The fraction of sp³-hybridized carbons (Fsp3) is 0.462. The van der Waals surface area contributed by atoms with Crippen LogP contribution in [0.2, 0.25) is 0 Å². The van der Waals surface area contributed by atoms with E-state index in [4.69, 9.17) is 4.74 Å². The van der Waals surface area contributed by atoms with E-state index < -0.39 is 0 Å². The highest BCUT2D eigenvalue weighted by Gasteiger charge is 2.17. The largest absolute Gasteiger partial charge is 0.496 e. The lowest BCUT2D eigenvalue weighted by molar-refractivity contribution is 0.0947. The fourth-order valence-corrected chi connectivity index (χ4v) is 2.32. The molecule has 1 aromatic carbocycles. The number of nitrogens with one attached hydrogen (secondary N) is 2. The van der Waals surface area contributed by atoms with Gasteiger partial charge in [0, 0.05) is 17.5 Å². The van der Waals surface area contributed by atoms with E-state index in [1.807, 2.05) is 0 Å². The molecule has 1 unspecified atom stereocenters. The van der Waals surface area contributed by atoms with E-state index in [0.717, 1.165) is 17.9 Å². The molecule has 1 heterocycles. The van der Waals surface area contributed by atoms with Gasteiger partial charge in [0.25, 0.3) is 5.91 Å². The third-order valence-corrected chi connectivity index (χ3v) is 3.38. The Balaban J connectivity index is 2.00. The van der Waals surface area contributed by atoms with Gasteiger partial charge in [-0.3, -0.25) is 4.79 Å². The van der Waals surface area contributed by atoms with Crippen molar-refractivity contribution in [2.45, 2.75) is 23.8 Å². The van der Waals surface area contributed by atoms with Gasteiger partial charge < -0.3 is 15.4 Å². The van der Waals surface area contributed by atoms with Crippen molar-refractivity contribution < 1.29 is 9.53 Å². The van der Waals surface area contributed by atoms with E-state index in [1.165, 1.54) is 6.42 Å². The first-order valence-corrected chi connectivity index (χ1v) is 6.54. The van der Waals surface area contributed by atoms with Crippen molar-refractivity contribution in [3.8, 4) is 5.75 Å². The Morgan fingerprint density at radius 1 is 1.61 bits per heavy atom. The van der Waals surface area contributed by atoms with E-state index >= 15 is 0 Å². The molecule has 2 N–H and O–H groups in total. The van der Waals surface area contributed by atoms with Gasteiger partial charge in [-0.2, -0.15) is 0 Å². The van der Waals surface area contributed by atoms with Gasteiger partial charge in [0.05, 0.1) is 12.7 Å². The van der Waals surface area contributed by atoms with Crippen molar-refractivity contribution in [1.29, 1.82) is 0 Å².